The van der Waals surface area contributed by atoms with Crippen LogP contribution in [0.1, 0.15) is 0 Å². The Labute approximate surface area is 140 Å². The lowest BCUT2D eigenvalue weighted by Gasteiger charge is -2.28. The van der Waals surface area contributed by atoms with Crippen molar-refractivity contribution in [2.75, 3.05) is 35.9 Å². The number of pyridine rings is 1. The van der Waals surface area contributed by atoms with Crippen molar-refractivity contribution in [1.29, 1.82) is 0 Å². The molecule has 1 saturated heterocycles. The van der Waals surface area contributed by atoms with E-state index in [0.717, 1.165) is 18.8 Å². The number of anilines is 2. The van der Waals surface area contributed by atoms with E-state index in [9.17, 15) is 8.42 Å². The van der Waals surface area contributed by atoms with Crippen molar-refractivity contribution in [3.8, 4) is 0 Å². The fraction of sp³-hybridized carbons (Fsp3) is 0.267. The summed E-state index contributed by atoms with van der Waals surface area (Å²) in [6.45, 7) is 2.96. The van der Waals surface area contributed by atoms with E-state index in [-0.39, 0.29) is 15.7 Å². The van der Waals surface area contributed by atoms with Gasteiger partial charge in [0.25, 0.3) is 10.0 Å². The lowest BCUT2D eigenvalue weighted by atomic mass is 10.3. The van der Waals surface area contributed by atoms with Crippen LogP contribution in [-0.2, 0) is 14.8 Å². The standard InChI is InChI=1S/C15H16ClN3O3S/c16-13-3-1-2-4-14(13)23(20,21)18-15-6-5-12(11-17-15)19-7-9-22-10-8-19/h1-6,11H,7-10H2,(H,17,18). The number of aromatic nitrogens is 1. The maximum Gasteiger partial charge on any atom is 0.264 e. The van der Waals surface area contributed by atoms with E-state index >= 15 is 0 Å². The first-order chi connectivity index (χ1) is 11.1. The van der Waals surface area contributed by atoms with E-state index in [4.69, 9.17) is 16.3 Å². The first-order valence-electron chi connectivity index (χ1n) is 7.12. The number of rotatable bonds is 4. The number of hydrogen-bond donors (Lipinski definition) is 1. The largest absolute Gasteiger partial charge is 0.378 e. The van der Waals surface area contributed by atoms with Crippen LogP contribution >= 0.6 is 11.6 Å². The summed E-state index contributed by atoms with van der Waals surface area (Å²) >= 11 is 5.94. The smallest absolute Gasteiger partial charge is 0.264 e. The molecule has 0 saturated carbocycles. The Balaban J connectivity index is 1.76. The minimum Gasteiger partial charge on any atom is -0.378 e. The van der Waals surface area contributed by atoms with Crippen LogP contribution in [0.2, 0.25) is 5.02 Å². The summed E-state index contributed by atoms with van der Waals surface area (Å²) in [4.78, 5) is 6.35. The molecule has 8 heteroatoms. The van der Waals surface area contributed by atoms with E-state index in [1.807, 2.05) is 6.07 Å². The van der Waals surface area contributed by atoms with Gasteiger partial charge in [-0.3, -0.25) is 4.72 Å². The number of benzene rings is 1. The average molecular weight is 354 g/mol. The molecule has 122 valence electrons. The molecule has 1 aromatic heterocycles. The minimum absolute atomic E-state index is 0.0284. The Morgan fingerprint density at radius 2 is 1.87 bits per heavy atom. The molecule has 0 radical (unpaired) electrons. The maximum atomic E-state index is 12.3. The molecule has 0 unspecified atom stereocenters. The van der Waals surface area contributed by atoms with Gasteiger partial charge in [-0.15, -0.1) is 0 Å². The third kappa shape index (κ3) is 3.74. The third-order valence-electron chi connectivity index (χ3n) is 3.49. The molecular weight excluding hydrogens is 338 g/mol. The molecule has 1 fully saturated rings. The molecule has 23 heavy (non-hydrogen) atoms. The molecule has 0 amide bonds. The topological polar surface area (TPSA) is 71.5 Å². The summed E-state index contributed by atoms with van der Waals surface area (Å²) in [5.41, 5.74) is 0.939. The minimum atomic E-state index is -3.76. The van der Waals surface area contributed by atoms with Gasteiger partial charge in [0.1, 0.15) is 10.7 Å². The van der Waals surface area contributed by atoms with Crippen molar-refractivity contribution in [3.63, 3.8) is 0 Å². The molecule has 2 aromatic rings. The fourth-order valence-electron chi connectivity index (χ4n) is 2.31. The maximum absolute atomic E-state index is 12.3. The molecule has 1 aliphatic heterocycles. The first kappa shape index (κ1) is 16.0. The lowest BCUT2D eigenvalue weighted by molar-refractivity contribution is 0.122. The molecule has 1 aliphatic rings. The number of hydrogen-bond acceptors (Lipinski definition) is 5. The summed E-state index contributed by atoms with van der Waals surface area (Å²) in [6, 6.07) is 9.76. The summed E-state index contributed by atoms with van der Waals surface area (Å²) in [5, 5.41) is 0.171. The summed E-state index contributed by atoms with van der Waals surface area (Å²) in [6.07, 6.45) is 1.65. The molecule has 3 rings (SSSR count). The Hall–Kier alpha value is -1.83. The van der Waals surface area contributed by atoms with Gasteiger partial charge in [-0.1, -0.05) is 23.7 Å². The quantitative estimate of drug-likeness (QED) is 0.913. The molecule has 6 nitrogen and oxygen atoms in total. The SMILES string of the molecule is O=S(=O)(Nc1ccc(N2CCOCC2)cn1)c1ccccc1Cl. The average Bonchev–Trinajstić information content (AvgIpc) is 2.56. The van der Waals surface area contributed by atoms with Gasteiger partial charge in [0.2, 0.25) is 0 Å². The lowest BCUT2D eigenvalue weighted by Crippen LogP contribution is -2.36. The van der Waals surface area contributed by atoms with Crippen LogP contribution in [0, 0.1) is 0 Å². The molecule has 0 spiro atoms. The van der Waals surface area contributed by atoms with Crippen molar-refractivity contribution in [1.82, 2.24) is 4.98 Å². The predicted octanol–water partition coefficient (Wildman–Crippen LogP) is 2.37. The van der Waals surface area contributed by atoms with Gasteiger partial charge in [0, 0.05) is 13.1 Å². The number of sulfonamides is 1. The zero-order valence-electron chi connectivity index (χ0n) is 12.3. The third-order valence-corrected chi connectivity index (χ3v) is 5.34. The number of nitrogens with one attached hydrogen (secondary N) is 1. The van der Waals surface area contributed by atoms with Crippen LogP contribution in [0.4, 0.5) is 11.5 Å². The van der Waals surface area contributed by atoms with Crippen LogP contribution < -0.4 is 9.62 Å². The van der Waals surface area contributed by atoms with Crippen LogP contribution in [0.5, 0.6) is 0 Å². The van der Waals surface area contributed by atoms with Crippen LogP contribution in [0.3, 0.4) is 0 Å². The highest BCUT2D eigenvalue weighted by Crippen LogP contribution is 2.23. The second-order valence-corrected chi connectivity index (χ2v) is 7.10. The second-order valence-electron chi connectivity index (χ2n) is 5.04. The molecule has 1 N–H and O–H groups in total. The molecule has 0 atom stereocenters. The number of halogens is 1. The molecule has 0 bridgehead atoms. The van der Waals surface area contributed by atoms with Gasteiger partial charge < -0.3 is 9.64 Å². The first-order valence-corrected chi connectivity index (χ1v) is 8.98. The molecule has 1 aromatic carbocycles. The molecule has 2 heterocycles. The van der Waals surface area contributed by atoms with Gasteiger partial charge in [-0.25, -0.2) is 13.4 Å². The van der Waals surface area contributed by atoms with Crippen LogP contribution in [0.25, 0.3) is 0 Å². The normalized spacial score (nSPS) is 15.4. The van der Waals surface area contributed by atoms with Crippen molar-refractivity contribution >= 4 is 33.1 Å². The van der Waals surface area contributed by atoms with E-state index < -0.39 is 10.0 Å². The highest BCUT2D eigenvalue weighted by molar-refractivity contribution is 7.92. The van der Waals surface area contributed by atoms with Gasteiger partial charge >= 0.3 is 0 Å². The zero-order valence-corrected chi connectivity index (χ0v) is 13.8. The number of nitrogens with zero attached hydrogens (tertiary/aromatic N) is 2. The fourth-order valence-corrected chi connectivity index (χ4v) is 3.84. The molecular formula is C15H16ClN3O3S. The monoisotopic (exact) mass is 353 g/mol. The second kappa shape index (κ2) is 6.74. The van der Waals surface area contributed by atoms with E-state index in [1.165, 1.54) is 12.1 Å². The van der Waals surface area contributed by atoms with E-state index in [2.05, 4.69) is 14.6 Å². The summed E-state index contributed by atoms with van der Waals surface area (Å²) in [5.74, 6) is 0.252. The van der Waals surface area contributed by atoms with Gasteiger partial charge in [-0.2, -0.15) is 0 Å². The summed E-state index contributed by atoms with van der Waals surface area (Å²) < 4.78 is 32.4. The van der Waals surface area contributed by atoms with Gasteiger partial charge in [0.15, 0.2) is 0 Å². The Morgan fingerprint density at radius 1 is 1.13 bits per heavy atom. The predicted molar refractivity (Wildman–Crippen MR) is 89.5 cm³/mol. The summed E-state index contributed by atoms with van der Waals surface area (Å²) in [7, 11) is -3.76. The van der Waals surface area contributed by atoms with Crippen molar-refractivity contribution in [3.05, 3.63) is 47.6 Å². The number of ether oxygens (including phenoxy) is 1. The Kier molecular flexibility index (Phi) is 4.70. The van der Waals surface area contributed by atoms with Crippen molar-refractivity contribution in [2.24, 2.45) is 0 Å². The van der Waals surface area contributed by atoms with Crippen LogP contribution in [0.15, 0.2) is 47.5 Å². The van der Waals surface area contributed by atoms with Crippen molar-refractivity contribution < 1.29 is 13.2 Å². The zero-order chi connectivity index (χ0) is 16.3. The van der Waals surface area contributed by atoms with Crippen molar-refractivity contribution in [2.45, 2.75) is 4.90 Å². The Morgan fingerprint density at radius 3 is 2.52 bits per heavy atom. The highest BCUT2D eigenvalue weighted by Gasteiger charge is 2.18. The number of morpholine rings is 1. The van der Waals surface area contributed by atoms with E-state index in [0.29, 0.717) is 13.2 Å². The van der Waals surface area contributed by atoms with Crippen LogP contribution in [-0.4, -0.2) is 39.7 Å². The highest BCUT2D eigenvalue weighted by atomic mass is 35.5. The van der Waals surface area contributed by atoms with Gasteiger partial charge in [-0.05, 0) is 24.3 Å². The van der Waals surface area contributed by atoms with Gasteiger partial charge in [0.05, 0.1) is 30.1 Å². The van der Waals surface area contributed by atoms with E-state index in [1.54, 1.807) is 24.4 Å². The Bertz CT molecular complexity index is 775. The molecule has 0 aliphatic carbocycles.